The highest BCUT2D eigenvalue weighted by molar-refractivity contribution is 6.30. The maximum Gasteiger partial charge on any atom is 0.209 e. The number of hydrogen-bond donors (Lipinski definition) is 0. The van der Waals surface area contributed by atoms with Gasteiger partial charge >= 0.3 is 0 Å². The molecule has 0 N–H and O–H groups in total. The lowest BCUT2D eigenvalue weighted by Crippen LogP contribution is -2.24. The number of nitrogens with zero attached hydrogens (tertiary/aromatic N) is 2. The molecule has 1 aromatic heterocycles. The van der Waals surface area contributed by atoms with Crippen molar-refractivity contribution >= 4 is 23.2 Å². The zero-order valence-corrected chi connectivity index (χ0v) is 18.4. The lowest BCUT2D eigenvalue weighted by atomic mass is 9.99. The first-order valence-electron chi connectivity index (χ1n) is 10.0. The minimum Gasteiger partial charge on any atom is -0.344 e. The Kier molecular flexibility index (Phi) is 8.02. The molecular formula is C23H31ClN2O2. The van der Waals surface area contributed by atoms with E-state index in [2.05, 4.69) is 18.7 Å². The van der Waals surface area contributed by atoms with Crippen molar-refractivity contribution in [1.29, 1.82) is 0 Å². The summed E-state index contributed by atoms with van der Waals surface area (Å²) in [6.07, 6.45) is 2.39. The van der Waals surface area contributed by atoms with Crippen LogP contribution in [0.4, 0.5) is 0 Å². The van der Waals surface area contributed by atoms with Crippen molar-refractivity contribution in [2.45, 2.75) is 47.0 Å². The molecule has 0 unspecified atom stereocenters. The predicted octanol–water partition coefficient (Wildman–Crippen LogP) is 5.22. The Balaban J connectivity index is 2.16. The maximum absolute atomic E-state index is 13.0. The molecule has 4 nitrogen and oxygen atoms in total. The van der Waals surface area contributed by atoms with Crippen molar-refractivity contribution in [2.75, 3.05) is 19.6 Å². The van der Waals surface area contributed by atoms with Crippen LogP contribution in [0, 0.1) is 13.8 Å². The second-order valence-electron chi connectivity index (χ2n) is 7.24. The first kappa shape index (κ1) is 22.4. The van der Waals surface area contributed by atoms with Crippen LogP contribution in [0.2, 0.25) is 5.02 Å². The highest BCUT2D eigenvalue weighted by Crippen LogP contribution is 2.26. The van der Waals surface area contributed by atoms with Crippen molar-refractivity contribution in [2.24, 2.45) is 7.05 Å². The number of halogens is 1. The number of ketones is 2. The van der Waals surface area contributed by atoms with Crippen molar-refractivity contribution in [3.8, 4) is 0 Å². The molecule has 0 spiro atoms. The Morgan fingerprint density at radius 3 is 2.21 bits per heavy atom. The van der Waals surface area contributed by atoms with E-state index >= 15 is 0 Å². The van der Waals surface area contributed by atoms with Crippen LogP contribution >= 0.6 is 11.6 Å². The van der Waals surface area contributed by atoms with Crippen molar-refractivity contribution in [1.82, 2.24) is 9.47 Å². The number of unbranched alkanes of at least 4 members (excludes halogenated alkanes) is 1. The van der Waals surface area contributed by atoms with Gasteiger partial charge in [-0.1, -0.05) is 25.4 Å². The standard InChI is InChI=1S/C23H31ClN2O2/c1-6-26(7-2)15-9-8-10-20(27)21-16(3)22(25(5)17(21)4)23(28)18-11-13-19(24)14-12-18/h11-14H,6-10,15H2,1-5H3. The number of benzene rings is 1. The summed E-state index contributed by atoms with van der Waals surface area (Å²) in [6.45, 7) is 11.2. The van der Waals surface area contributed by atoms with Crippen LogP contribution in [0.1, 0.15) is 70.8 Å². The molecule has 0 bridgehead atoms. The summed E-state index contributed by atoms with van der Waals surface area (Å²) in [5.41, 5.74) is 3.47. The van der Waals surface area contributed by atoms with Gasteiger partial charge in [0.2, 0.25) is 5.78 Å². The molecule has 0 atom stereocenters. The monoisotopic (exact) mass is 402 g/mol. The lowest BCUT2D eigenvalue weighted by molar-refractivity contribution is 0.0976. The Hall–Kier alpha value is -1.91. The van der Waals surface area contributed by atoms with Gasteiger partial charge in [0, 0.05) is 35.3 Å². The third-order valence-electron chi connectivity index (χ3n) is 5.55. The number of Topliss-reactive ketones (excluding diaryl/α,β-unsaturated/α-hetero) is 1. The Labute approximate surface area is 173 Å². The summed E-state index contributed by atoms with van der Waals surface area (Å²) >= 11 is 5.93. The van der Waals surface area contributed by atoms with E-state index in [0.29, 0.717) is 28.3 Å². The molecule has 0 saturated heterocycles. The number of carbonyl (C=O) groups excluding carboxylic acids is 2. The van der Waals surface area contributed by atoms with Crippen molar-refractivity contribution < 1.29 is 9.59 Å². The highest BCUT2D eigenvalue weighted by atomic mass is 35.5. The number of carbonyl (C=O) groups is 2. The van der Waals surface area contributed by atoms with E-state index in [4.69, 9.17) is 11.6 Å². The van der Waals surface area contributed by atoms with E-state index in [-0.39, 0.29) is 11.6 Å². The molecule has 0 aliphatic heterocycles. The van der Waals surface area contributed by atoms with Crippen LogP contribution in [0.25, 0.3) is 0 Å². The minimum absolute atomic E-state index is 0.0830. The largest absolute Gasteiger partial charge is 0.344 e. The molecule has 0 fully saturated rings. The van der Waals surface area contributed by atoms with Gasteiger partial charge in [-0.05, 0) is 76.2 Å². The topological polar surface area (TPSA) is 42.3 Å². The van der Waals surface area contributed by atoms with Crippen LogP contribution < -0.4 is 0 Å². The Bertz CT molecular complexity index is 833. The van der Waals surface area contributed by atoms with E-state index in [1.54, 1.807) is 24.3 Å². The highest BCUT2D eigenvalue weighted by Gasteiger charge is 2.25. The normalized spacial score (nSPS) is 11.2. The summed E-state index contributed by atoms with van der Waals surface area (Å²) in [5.74, 6) is 0.0423. The quantitative estimate of drug-likeness (QED) is 0.404. The molecule has 2 rings (SSSR count). The summed E-state index contributed by atoms with van der Waals surface area (Å²) in [5, 5.41) is 0.594. The van der Waals surface area contributed by atoms with Crippen LogP contribution in [0.5, 0.6) is 0 Å². The zero-order chi connectivity index (χ0) is 20.8. The summed E-state index contributed by atoms with van der Waals surface area (Å²) < 4.78 is 1.84. The molecule has 5 heteroatoms. The van der Waals surface area contributed by atoms with Crippen LogP contribution in [-0.2, 0) is 7.05 Å². The molecule has 0 aliphatic carbocycles. The van der Waals surface area contributed by atoms with Gasteiger partial charge in [0.25, 0.3) is 0 Å². The van der Waals surface area contributed by atoms with Crippen molar-refractivity contribution in [3.63, 3.8) is 0 Å². The Morgan fingerprint density at radius 2 is 1.64 bits per heavy atom. The molecule has 152 valence electrons. The van der Waals surface area contributed by atoms with Crippen molar-refractivity contribution in [3.05, 3.63) is 57.4 Å². The van der Waals surface area contributed by atoms with Crippen LogP contribution in [0.3, 0.4) is 0 Å². The fourth-order valence-electron chi connectivity index (χ4n) is 3.73. The molecular weight excluding hydrogens is 372 g/mol. The number of rotatable bonds is 10. The molecule has 0 saturated carbocycles. The number of hydrogen-bond acceptors (Lipinski definition) is 3. The van der Waals surface area contributed by atoms with E-state index < -0.39 is 0 Å². The third kappa shape index (κ3) is 4.92. The van der Waals surface area contributed by atoms with Gasteiger partial charge in [0.15, 0.2) is 5.78 Å². The first-order chi connectivity index (χ1) is 13.3. The molecule has 1 aromatic carbocycles. The van der Waals surface area contributed by atoms with Gasteiger partial charge in [-0.2, -0.15) is 0 Å². The van der Waals surface area contributed by atoms with Crippen LogP contribution in [0.15, 0.2) is 24.3 Å². The summed E-state index contributed by atoms with van der Waals surface area (Å²) in [7, 11) is 1.85. The fourth-order valence-corrected chi connectivity index (χ4v) is 3.86. The average Bonchev–Trinajstić information content (AvgIpc) is 2.90. The van der Waals surface area contributed by atoms with Gasteiger partial charge in [0.05, 0.1) is 5.69 Å². The molecule has 2 aromatic rings. The van der Waals surface area contributed by atoms with Crippen LogP contribution in [-0.4, -0.2) is 40.7 Å². The van der Waals surface area contributed by atoms with Gasteiger partial charge in [-0.15, -0.1) is 0 Å². The van der Waals surface area contributed by atoms with Gasteiger partial charge in [0.1, 0.15) is 0 Å². The second-order valence-corrected chi connectivity index (χ2v) is 7.67. The zero-order valence-electron chi connectivity index (χ0n) is 17.6. The first-order valence-corrected chi connectivity index (χ1v) is 10.4. The lowest BCUT2D eigenvalue weighted by Gasteiger charge is -2.17. The SMILES string of the molecule is CCN(CC)CCCCC(=O)c1c(C)c(C(=O)c2ccc(Cl)cc2)n(C)c1C. The fraction of sp³-hybridized carbons (Fsp3) is 0.478. The van der Waals surface area contributed by atoms with Gasteiger partial charge in [-0.3, -0.25) is 9.59 Å². The summed E-state index contributed by atoms with van der Waals surface area (Å²) in [4.78, 5) is 28.3. The van der Waals surface area contributed by atoms with E-state index in [9.17, 15) is 9.59 Å². The molecule has 1 heterocycles. The van der Waals surface area contributed by atoms with E-state index in [1.165, 1.54) is 0 Å². The van der Waals surface area contributed by atoms with Gasteiger partial charge in [-0.25, -0.2) is 0 Å². The smallest absolute Gasteiger partial charge is 0.209 e. The number of aromatic nitrogens is 1. The average molecular weight is 403 g/mol. The second kappa shape index (κ2) is 10.0. The predicted molar refractivity (Wildman–Crippen MR) is 116 cm³/mol. The van der Waals surface area contributed by atoms with Gasteiger partial charge < -0.3 is 9.47 Å². The summed E-state index contributed by atoms with van der Waals surface area (Å²) in [6, 6.07) is 6.87. The Morgan fingerprint density at radius 1 is 1.04 bits per heavy atom. The van der Waals surface area contributed by atoms with E-state index in [0.717, 1.165) is 43.7 Å². The molecule has 0 aliphatic rings. The minimum atomic E-state index is -0.0830. The third-order valence-corrected chi connectivity index (χ3v) is 5.81. The molecule has 0 radical (unpaired) electrons. The van der Waals surface area contributed by atoms with E-state index in [1.807, 2.05) is 25.5 Å². The maximum atomic E-state index is 13.0. The molecule has 28 heavy (non-hydrogen) atoms. The molecule has 0 amide bonds.